The molecule has 0 saturated carbocycles. The molecule has 2 heterocycles. The van der Waals surface area contributed by atoms with Crippen LogP contribution in [0.5, 0.6) is 5.75 Å². The number of benzene rings is 2. The second kappa shape index (κ2) is 13.7. The molecule has 0 aliphatic carbocycles. The lowest BCUT2D eigenvalue weighted by atomic mass is 10.1. The summed E-state index contributed by atoms with van der Waals surface area (Å²) in [4.78, 5) is 19.0. The third-order valence-corrected chi connectivity index (χ3v) is 8.95. The minimum absolute atomic E-state index is 0.0708. The monoisotopic (exact) mass is 657 g/mol. The van der Waals surface area contributed by atoms with Gasteiger partial charge in [-0.15, -0.1) is 0 Å². The van der Waals surface area contributed by atoms with Gasteiger partial charge in [0.15, 0.2) is 9.84 Å². The first-order valence-electron chi connectivity index (χ1n) is 13.9. The van der Waals surface area contributed by atoms with Crippen LogP contribution in [0, 0.1) is 0 Å². The molecule has 3 aromatic rings. The minimum Gasteiger partial charge on any atom is -0.489 e. The van der Waals surface area contributed by atoms with E-state index >= 15 is 0 Å². The Morgan fingerprint density at radius 3 is 2.27 bits per heavy atom. The maximum Gasteiger partial charge on any atom is 0.416 e. The molecule has 15 heteroatoms. The van der Waals surface area contributed by atoms with Gasteiger partial charge in [-0.3, -0.25) is 4.79 Å². The van der Waals surface area contributed by atoms with Gasteiger partial charge in [0, 0.05) is 19.5 Å². The Kier molecular flexibility index (Phi) is 10.3. The van der Waals surface area contributed by atoms with E-state index < -0.39 is 65.0 Å². The van der Waals surface area contributed by atoms with Crippen molar-refractivity contribution < 1.29 is 49.7 Å². The smallest absolute Gasteiger partial charge is 0.416 e. The fourth-order valence-corrected chi connectivity index (χ4v) is 5.68. The molecule has 2 aromatic carbocycles. The highest BCUT2D eigenvalue weighted by molar-refractivity contribution is 7.91. The van der Waals surface area contributed by atoms with Gasteiger partial charge in [0.1, 0.15) is 17.7 Å². The number of pyridine rings is 1. The number of carbonyl (C=O) groups excluding carboxylic acids is 1. The fourth-order valence-electron chi connectivity index (χ4n) is 4.80. The number of hydrogen-bond donors (Lipinski definition) is 2. The molecule has 1 fully saturated rings. The Labute approximate surface area is 256 Å². The first kappa shape index (κ1) is 34.1. The number of carbonyl (C=O) groups is 1. The summed E-state index contributed by atoms with van der Waals surface area (Å²) in [5.41, 5.74) is -0.220. The molecular weight excluding hydrogens is 625 g/mol. The zero-order valence-electron chi connectivity index (χ0n) is 24.3. The molecule has 4 rings (SSSR count). The number of aliphatic hydroxyl groups is 1. The highest BCUT2D eigenvalue weighted by Gasteiger charge is 2.37. The first-order valence-corrected chi connectivity index (χ1v) is 15.6. The van der Waals surface area contributed by atoms with Gasteiger partial charge in [0.25, 0.3) is 5.91 Å². The third-order valence-electron chi connectivity index (χ3n) is 7.20. The van der Waals surface area contributed by atoms with Crippen molar-refractivity contribution in [2.75, 3.05) is 30.4 Å². The summed E-state index contributed by atoms with van der Waals surface area (Å²) in [5.74, 6) is -0.146. The van der Waals surface area contributed by atoms with Crippen LogP contribution in [0.4, 0.5) is 27.8 Å². The number of anilines is 1. The minimum atomic E-state index is -4.50. The van der Waals surface area contributed by atoms with Crippen LogP contribution in [0.15, 0.2) is 71.8 Å². The van der Waals surface area contributed by atoms with Gasteiger partial charge in [-0.05, 0) is 54.1 Å². The van der Waals surface area contributed by atoms with Crippen molar-refractivity contribution in [2.24, 2.45) is 0 Å². The molecule has 2 N–H and O–H groups in total. The number of rotatable bonds is 12. The molecule has 1 saturated heterocycles. The lowest BCUT2D eigenvalue weighted by Crippen LogP contribution is -2.36. The molecule has 0 spiro atoms. The number of aromatic nitrogens is 1. The van der Waals surface area contributed by atoms with E-state index in [2.05, 4.69) is 10.3 Å². The van der Waals surface area contributed by atoms with Crippen LogP contribution >= 0.6 is 0 Å². The molecule has 1 aliphatic heterocycles. The summed E-state index contributed by atoms with van der Waals surface area (Å²) in [7, 11) is -3.42. The van der Waals surface area contributed by atoms with Crippen LogP contribution in [-0.2, 0) is 20.8 Å². The molecule has 0 unspecified atom stereocenters. The van der Waals surface area contributed by atoms with E-state index in [1.807, 2.05) is 0 Å². The standard InChI is InChI=1S/C30H32F5N3O6S/c1-3-45(41,42)25-11-4-19(5-12-25)26(17-39)37-28(40)20-6-13-27(36-15-20)38-16-24(14-22(38)18-43-29(2,31)32)44-23-9-7-21(8-10-23)30(33,34)35/h4-13,15,22,24,26,39H,3,14,16-18H2,1-2H3,(H,37,40)/t22-,24+,26-/m0/s1. The van der Waals surface area contributed by atoms with Gasteiger partial charge in [-0.1, -0.05) is 19.1 Å². The van der Waals surface area contributed by atoms with E-state index in [9.17, 15) is 40.3 Å². The second-order valence-corrected chi connectivity index (χ2v) is 12.8. The molecule has 0 radical (unpaired) electrons. The second-order valence-electron chi connectivity index (χ2n) is 10.5. The van der Waals surface area contributed by atoms with E-state index in [1.165, 1.54) is 61.7 Å². The molecule has 244 valence electrons. The predicted octanol–water partition coefficient (Wildman–Crippen LogP) is 5.01. The Balaban J connectivity index is 1.45. The lowest BCUT2D eigenvalue weighted by Gasteiger charge is -2.26. The van der Waals surface area contributed by atoms with Crippen molar-refractivity contribution in [1.29, 1.82) is 0 Å². The number of amides is 1. The fraction of sp³-hybridized carbons (Fsp3) is 0.400. The SMILES string of the molecule is CCS(=O)(=O)c1ccc([C@H](CO)NC(=O)c2ccc(N3C[C@H](Oc4ccc(C(F)(F)F)cc4)C[C@H]3COC(C)(F)F)nc2)cc1. The molecule has 45 heavy (non-hydrogen) atoms. The molecule has 1 aliphatic rings. The maximum atomic E-state index is 13.5. The average Bonchev–Trinajstić information content (AvgIpc) is 3.40. The number of alkyl halides is 5. The Morgan fingerprint density at radius 1 is 1.07 bits per heavy atom. The highest BCUT2D eigenvalue weighted by Crippen LogP contribution is 2.32. The number of nitrogens with one attached hydrogen (secondary N) is 1. The summed E-state index contributed by atoms with van der Waals surface area (Å²) in [6.45, 7) is 1.43. The van der Waals surface area contributed by atoms with E-state index in [4.69, 9.17) is 9.47 Å². The number of aliphatic hydroxyl groups excluding tert-OH is 1. The van der Waals surface area contributed by atoms with Gasteiger partial charge in [0.2, 0.25) is 0 Å². The molecule has 1 amide bonds. The van der Waals surface area contributed by atoms with E-state index in [1.54, 1.807) is 4.90 Å². The molecule has 3 atom stereocenters. The van der Waals surface area contributed by atoms with Crippen LogP contribution in [-0.4, -0.2) is 68.2 Å². The van der Waals surface area contributed by atoms with Crippen molar-refractivity contribution in [3.8, 4) is 5.75 Å². The lowest BCUT2D eigenvalue weighted by molar-refractivity contribution is -0.225. The molecule has 1 aromatic heterocycles. The molecule has 0 bridgehead atoms. The van der Waals surface area contributed by atoms with E-state index in [0.717, 1.165) is 12.1 Å². The topological polar surface area (TPSA) is 118 Å². The molecule has 9 nitrogen and oxygen atoms in total. The van der Waals surface area contributed by atoms with Crippen molar-refractivity contribution in [3.63, 3.8) is 0 Å². The highest BCUT2D eigenvalue weighted by atomic mass is 32.2. The Morgan fingerprint density at radius 2 is 1.73 bits per heavy atom. The van der Waals surface area contributed by atoms with Crippen molar-refractivity contribution >= 4 is 21.6 Å². The third kappa shape index (κ3) is 8.89. The largest absolute Gasteiger partial charge is 0.489 e. The van der Waals surface area contributed by atoms with Gasteiger partial charge in [-0.25, -0.2) is 13.4 Å². The zero-order valence-corrected chi connectivity index (χ0v) is 25.1. The maximum absolute atomic E-state index is 13.5. The number of hydrogen-bond acceptors (Lipinski definition) is 8. The van der Waals surface area contributed by atoms with Crippen LogP contribution in [0.1, 0.15) is 47.8 Å². The van der Waals surface area contributed by atoms with Gasteiger partial charge in [0.05, 0.1) is 53.6 Å². The number of sulfone groups is 1. The summed E-state index contributed by atoms with van der Waals surface area (Å²) in [6, 6.07) is 11.5. The predicted molar refractivity (Wildman–Crippen MR) is 154 cm³/mol. The van der Waals surface area contributed by atoms with Gasteiger partial charge in [-0.2, -0.15) is 22.0 Å². The van der Waals surface area contributed by atoms with Crippen molar-refractivity contribution in [2.45, 2.75) is 55.6 Å². The number of halogens is 5. The van der Waals surface area contributed by atoms with Crippen LogP contribution < -0.4 is 15.0 Å². The van der Waals surface area contributed by atoms with Gasteiger partial charge >= 0.3 is 12.3 Å². The van der Waals surface area contributed by atoms with E-state index in [0.29, 0.717) is 18.3 Å². The van der Waals surface area contributed by atoms with Crippen LogP contribution in [0.25, 0.3) is 0 Å². The zero-order chi connectivity index (χ0) is 33.0. The van der Waals surface area contributed by atoms with E-state index in [-0.39, 0.29) is 34.9 Å². The summed E-state index contributed by atoms with van der Waals surface area (Å²) >= 11 is 0. The normalized spacial score (nSPS) is 18.1. The van der Waals surface area contributed by atoms with Gasteiger partial charge < -0.3 is 24.8 Å². The van der Waals surface area contributed by atoms with Crippen LogP contribution in [0.3, 0.4) is 0 Å². The quantitative estimate of drug-likeness (QED) is 0.261. The Bertz CT molecular complexity index is 1550. The number of ether oxygens (including phenoxy) is 2. The summed E-state index contributed by atoms with van der Waals surface area (Å²) < 4.78 is 100. The summed E-state index contributed by atoms with van der Waals surface area (Å²) in [5, 5.41) is 12.5. The van der Waals surface area contributed by atoms with Crippen molar-refractivity contribution in [3.05, 3.63) is 83.6 Å². The molecular formula is C30H32F5N3O6S. The Hall–Kier alpha value is -3.82. The first-order chi connectivity index (χ1) is 21.1. The van der Waals surface area contributed by atoms with Crippen molar-refractivity contribution in [1.82, 2.24) is 10.3 Å². The number of nitrogens with zero attached hydrogens (tertiary/aromatic N) is 2. The summed E-state index contributed by atoms with van der Waals surface area (Å²) in [6.07, 6.45) is -7.02. The average molecular weight is 658 g/mol. The van der Waals surface area contributed by atoms with Crippen LogP contribution in [0.2, 0.25) is 0 Å².